The number of rotatable bonds is 3. The van der Waals surface area contributed by atoms with Crippen LogP contribution in [0.15, 0.2) is 36.4 Å². The number of hydrogen-bond acceptors (Lipinski definition) is 1. The summed E-state index contributed by atoms with van der Waals surface area (Å²) in [5.41, 5.74) is -1.33. The van der Waals surface area contributed by atoms with Gasteiger partial charge in [-0.3, -0.25) is 0 Å². The lowest BCUT2D eigenvalue weighted by Gasteiger charge is -2.11. The predicted octanol–water partition coefficient (Wildman–Crippen LogP) is 4.73. The molecule has 0 aromatic heterocycles. The van der Waals surface area contributed by atoms with Gasteiger partial charge in [-0.15, -0.1) is 0 Å². The first-order valence-corrected chi connectivity index (χ1v) is 5.82. The molecule has 1 N–H and O–H groups in total. The number of benzene rings is 2. The Bertz CT molecular complexity index is 650. The SMILES string of the molecule is Fc1ccc(NCc2ccc(F)c(C(F)(F)F)c2)c(F)c1. The first kappa shape index (κ1) is 15.2. The molecule has 0 spiro atoms. The van der Waals surface area contributed by atoms with E-state index in [1.165, 1.54) is 0 Å². The van der Waals surface area contributed by atoms with E-state index in [1.54, 1.807) is 0 Å². The molecule has 21 heavy (non-hydrogen) atoms. The van der Waals surface area contributed by atoms with E-state index >= 15 is 0 Å². The van der Waals surface area contributed by atoms with Crippen LogP contribution in [0, 0.1) is 17.5 Å². The molecule has 0 amide bonds. The summed E-state index contributed by atoms with van der Waals surface area (Å²) in [6.07, 6.45) is -4.80. The lowest BCUT2D eigenvalue weighted by molar-refractivity contribution is -0.140. The molecule has 0 heterocycles. The number of hydrogen-bond donors (Lipinski definition) is 1. The molecular weight excluding hydrogens is 296 g/mol. The van der Waals surface area contributed by atoms with Crippen LogP contribution in [0.3, 0.4) is 0 Å². The van der Waals surface area contributed by atoms with Crippen molar-refractivity contribution >= 4 is 5.69 Å². The van der Waals surface area contributed by atoms with Gasteiger partial charge in [0.25, 0.3) is 0 Å². The van der Waals surface area contributed by atoms with Crippen molar-refractivity contribution in [2.45, 2.75) is 12.7 Å². The molecule has 0 saturated heterocycles. The number of halogens is 6. The molecular formula is C14H9F6N. The molecule has 0 aliphatic carbocycles. The molecule has 112 valence electrons. The van der Waals surface area contributed by atoms with E-state index < -0.39 is 29.2 Å². The topological polar surface area (TPSA) is 12.0 Å². The Labute approximate surface area is 116 Å². The van der Waals surface area contributed by atoms with Gasteiger partial charge in [-0.2, -0.15) is 13.2 Å². The third kappa shape index (κ3) is 3.68. The van der Waals surface area contributed by atoms with Gasteiger partial charge in [-0.1, -0.05) is 6.07 Å². The second-order valence-electron chi connectivity index (χ2n) is 4.29. The highest BCUT2D eigenvalue weighted by Gasteiger charge is 2.34. The largest absolute Gasteiger partial charge is 0.419 e. The van der Waals surface area contributed by atoms with Crippen LogP contribution in [-0.2, 0) is 12.7 Å². The van der Waals surface area contributed by atoms with Gasteiger partial charge < -0.3 is 5.32 Å². The molecule has 2 aromatic carbocycles. The van der Waals surface area contributed by atoms with Crippen LogP contribution in [0.5, 0.6) is 0 Å². The molecule has 0 atom stereocenters. The van der Waals surface area contributed by atoms with Crippen molar-refractivity contribution in [3.8, 4) is 0 Å². The molecule has 0 bridgehead atoms. The maximum atomic E-state index is 13.3. The molecule has 0 unspecified atom stereocenters. The molecule has 0 saturated carbocycles. The second-order valence-corrected chi connectivity index (χ2v) is 4.29. The first-order valence-electron chi connectivity index (χ1n) is 5.82. The third-order valence-electron chi connectivity index (χ3n) is 2.75. The van der Waals surface area contributed by atoms with Crippen LogP contribution in [0.25, 0.3) is 0 Å². The second kappa shape index (κ2) is 5.67. The first-order chi connectivity index (χ1) is 9.77. The minimum absolute atomic E-state index is 0.0608. The summed E-state index contributed by atoms with van der Waals surface area (Å²) in [6.45, 7) is -0.161. The Hall–Kier alpha value is -2.18. The zero-order valence-electron chi connectivity index (χ0n) is 10.4. The van der Waals surface area contributed by atoms with Crippen LogP contribution in [-0.4, -0.2) is 0 Å². The van der Waals surface area contributed by atoms with Crippen molar-refractivity contribution in [2.75, 3.05) is 5.32 Å². The van der Waals surface area contributed by atoms with Crippen molar-refractivity contribution < 1.29 is 26.3 Å². The number of nitrogens with one attached hydrogen (secondary N) is 1. The van der Waals surface area contributed by atoms with Crippen LogP contribution >= 0.6 is 0 Å². The molecule has 0 aliphatic rings. The van der Waals surface area contributed by atoms with Crippen LogP contribution in [0.1, 0.15) is 11.1 Å². The van der Waals surface area contributed by atoms with E-state index in [9.17, 15) is 26.3 Å². The molecule has 0 radical (unpaired) electrons. The normalized spacial score (nSPS) is 11.5. The summed E-state index contributed by atoms with van der Waals surface area (Å²) >= 11 is 0. The Morgan fingerprint density at radius 2 is 1.57 bits per heavy atom. The van der Waals surface area contributed by atoms with Gasteiger partial charge in [0.1, 0.15) is 17.5 Å². The van der Waals surface area contributed by atoms with Crippen LogP contribution in [0.4, 0.5) is 32.0 Å². The lowest BCUT2D eigenvalue weighted by atomic mass is 10.1. The van der Waals surface area contributed by atoms with E-state index in [2.05, 4.69) is 5.32 Å². The van der Waals surface area contributed by atoms with Crippen LogP contribution in [0.2, 0.25) is 0 Å². The highest BCUT2D eigenvalue weighted by atomic mass is 19.4. The van der Waals surface area contributed by atoms with E-state index in [0.717, 1.165) is 18.2 Å². The standard InChI is InChI=1S/C14H9F6N/c15-9-2-4-13(12(17)6-9)21-7-8-1-3-11(16)10(5-8)14(18,19)20/h1-6,21H,7H2. The van der Waals surface area contributed by atoms with E-state index in [-0.39, 0.29) is 17.8 Å². The fourth-order valence-corrected chi connectivity index (χ4v) is 1.73. The zero-order chi connectivity index (χ0) is 15.6. The summed E-state index contributed by atoms with van der Waals surface area (Å²) in [7, 11) is 0. The van der Waals surface area contributed by atoms with Crippen LogP contribution < -0.4 is 5.32 Å². The highest BCUT2D eigenvalue weighted by Crippen LogP contribution is 2.32. The third-order valence-corrected chi connectivity index (χ3v) is 2.75. The minimum Gasteiger partial charge on any atom is -0.379 e. The summed E-state index contributed by atoms with van der Waals surface area (Å²) < 4.78 is 76.8. The monoisotopic (exact) mass is 305 g/mol. The van der Waals surface area contributed by atoms with Crippen molar-refractivity contribution in [1.82, 2.24) is 0 Å². The average molecular weight is 305 g/mol. The summed E-state index contributed by atoms with van der Waals surface area (Å²) in [4.78, 5) is 0. The quantitative estimate of drug-likeness (QED) is 0.808. The summed E-state index contributed by atoms with van der Waals surface area (Å²) in [5, 5.41) is 2.52. The predicted molar refractivity (Wildman–Crippen MR) is 65.1 cm³/mol. The molecule has 2 aromatic rings. The Morgan fingerprint density at radius 1 is 0.857 bits per heavy atom. The van der Waals surface area contributed by atoms with Gasteiger partial charge in [0, 0.05) is 12.6 Å². The maximum absolute atomic E-state index is 13.3. The Morgan fingerprint density at radius 3 is 2.19 bits per heavy atom. The van der Waals surface area contributed by atoms with E-state index in [4.69, 9.17) is 0 Å². The van der Waals surface area contributed by atoms with E-state index in [1.807, 2.05) is 0 Å². The van der Waals surface area contributed by atoms with Crippen molar-refractivity contribution in [3.05, 3.63) is 65.0 Å². The zero-order valence-corrected chi connectivity index (χ0v) is 10.4. The van der Waals surface area contributed by atoms with E-state index in [0.29, 0.717) is 18.2 Å². The van der Waals surface area contributed by atoms with Gasteiger partial charge >= 0.3 is 6.18 Å². The molecule has 2 rings (SSSR count). The molecule has 0 aliphatic heterocycles. The van der Waals surface area contributed by atoms with Gasteiger partial charge in [-0.05, 0) is 29.8 Å². The average Bonchev–Trinajstić information content (AvgIpc) is 2.38. The Kier molecular flexibility index (Phi) is 4.11. The highest BCUT2D eigenvalue weighted by molar-refractivity contribution is 5.45. The summed E-state index contributed by atoms with van der Waals surface area (Å²) in [6, 6.07) is 5.27. The van der Waals surface area contributed by atoms with Gasteiger partial charge in [0.2, 0.25) is 0 Å². The number of anilines is 1. The summed E-state index contributed by atoms with van der Waals surface area (Å²) in [5.74, 6) is -3.01. The Balaban J connectivity index is 2.17. The fourth-order valence-electron chi connectivity index (χ4n) is 1.73. The number of alkyl halides is 3. The fraction of sp³-hybridized carbons (Fsp3) is 0.143. The van der Waals surface area contributed by atoms with Crippen molar-refractivity contribution in [3.63, 3.8) is 0 Å². The molecule has 0 fully saturated rings. The van der Waals surface area contributed by atoms with Gasteiger partial charge in [-0.25, -0.2) is 13.2 Å². The van der Waals surface area contributed by atoms with Crippen molar-refractivity contribution in [2.24, 2.45) is 0 Å². The van der Waals surface area contributed by atoms with Gasteiger partial charge in [0.15, 0.2) is 0 Å². The minimum atomic E-state index is -4.80. The smallest absolute Gasteiger partial charge is 0.379 e. The lowest BCUT2D eigenvalue weighted by Crippen LogP contribution is -2.10. The maximum Gasteiger partial charge on any atom is 0.419 e. The molecule has 1 nitrogen and oxygen atoms in total. The molecule has 7 heteroatoms. The van der Waals surface area contributed by atoms with Crippen molar-refractivity contribution in [1.29, 1.82) is 0 Å². The van der Waals surface area contributed by atoms with Gasteiger partial charge in [0.05, 0.1) is 11.3 Å².